The highest BCUT2D eigenvalue weighted by atomic mass is 19.1. The Morgan fingerprint density at radius 1 is 1.43 bits per heavy atom. The lowest BCUT2D eigenvalue weighted by molar-refractivity contribution is 0.365. The molecule has 1 rings (SSSR count). The maximum Gasteiger partial charge on any atom is 0.123 e. The van der Waals surface area contributed by atoms with Crippen LogP contribution in [0.5, 0.6) is 5.75 Å². The second-order valence-corrected chi connectivity index (χ2v) is 4.32. The predicted molar refractivity (Wildman–Crippen MR) is 54.6 cm³/mol. The van der Waals surface area contributed by atoms with Gasteiger partial charge in [-0.2, -0.15) is 0 Å². The van der Waals surface area contributed by atoms with Crippen LogP contribution in [0.4, 0.5) is 4.39 Å². The fourth-order valence-corrected chi connectivity index (χ4v) is 1.28. The zero-order valence-corrected chi connectivity index (χ0v) is 8.55. The van der Waals surface area contributed by atoms with Crippen molar-refractivity contribution >= 4 is 0 Å². The van der Waals surface area contributed by atoms with E-state index in [0.717, 1.165) is 0 Å². The molecule has 0 radical (unpaired) electrons. The molecule has 0 spiro atoms. The molecule has 3 heteroatoms. The number of nitrogens with two attached hydrogens (primary N) is 1. The first kappa shape index (κ1) is 11.0. The average Bonchev–Trinajstić information content (AvgIpc) is 2.11. The molecular weight excluding hydrogens is 181 g/mol. The molecule has 0 fully saturated rings. The molecule has 3 N–H and O–H groups in total. The van der Waals surface area contributed by atoms with Crippen molar-refractivity contribution in [1.82, 2.24) is 0 Å². The summed E-state index contributed by atoms with van der Waals surface area (Å²) < 4.78 is 12.9. The fourth-order valence-electron chi connectivity index (χ4n) is 1.28. The molecule has 0 heterocycles. The Labute approximate surface area is 83.6 Å². The van der Waals surface area contributed by atoms with Gasteiger partial charge >= 0.3 is 0 Å². The number of aromatic hydroxyl groups is 1. The number of rotatable bonds is 3. The van der Waals surface area contributed by atoms with Gasteiger partial charge in [0.1, 0.15) is 11.6 Å². The third kappa shape index (κ3) is 2.70. The van der Waals surface area contributed by atoms with Crippen LogP contribution in [0.2, 0.25) is 0 Å². The van der Waals surface area contributed by atoms with Crippen LogP contribution in [-0.2, 0) is 6.42 Å². The van der Waals surface area contributed by atoms with Gasteiger partial charge in [0.2, 0.25) is 0 Å². The molecule has 0 aromatic heterocycles. The Morgan fingerprint density at radius 2 is 2.07 bits per heavy atom. The predicted octanol–water partition coefficient (Wildman–Crippen LogP) is 2.06. The van der Waals surface area contributed by atoms with Crippen LogP contribution in [0.25, 0.3) is 0 Å². The standard InChI is InChI=1S/C11H16FNO/c1-11(2,7-13)6-8-5-9(12)3-4-10(8)14/h3-5,14H,6-7,13H2,1-2H3. The molecule has 14 heavy (non-hydrogen) atoms. The van der Waals surface area contributed by atoms with E-state index < -0.39 is 0 Å². The third-order valence-electron chi connectivity index (χ3n) is 2.26. The lowest BCUT2D eigenvalue weighted by Gasteiger charge is -2.22. The molecule has 0 saturated carbocycles. The molecule has 1 aromatic rings. The minimum absolute atomic E-state index is 0.120. The van der Waals surface area contributed by atoms with Crippen molar-refractivity contribution in [3.63, 3.8) is 0 Å². The summed E-state index contributed by atoms with van der Waals surface area (Å²) in [4.78, 5) is 0. The summed E-state index contributed by atoms with van der Waals surface area (Å²) in [5.74, 6) is -0.196. The van der Waals surface area contributed by atoms with E-state index in [4.69, 9.17) is 5.73 Å². The van der Waals surface area contributed by atoms with Gasteiger partial charge in [-0.15, -0.1) is 0 Å². The van der Waals surface area contributed by atoms with Gasteiger partial charge < -0.3 is 10.8 Å². The maximum absolute atomic E-state index is 12.9. The number of halogens is 1. The lowest BCUT2D eigenvalue weighted by atomic mass is 9.85. The minimum atomic E-state index is -0.328. The first-order chi connectivity index (χ1) is 6.44. The quantitative estimate of drug-likeness (QED) is 0.779. The molecule has 0 aliphatic heterocycles. The Kier molecular flexibility index (Phi) is 3.11. The van der Waals surface area contributed by atoms with E-state index in [9.17, 15) is 9.50 Å². The summed E-state index contributed by atoms with van der Waals surface area (Å²) in [6.45, 7) is 4.47. The van der Waals surface area contributed by atoms with Crippen LogP contribution in [0.3, 0.4) is 0 Å². The molecule has 2 nitrogen and oxygen atoms in total. The number of hydrogen-bond donors (Lipinski definition) is 2. The lowest BCUT2D eigenvalue weighted by Crippen LogP contribution is -2.25. The first-order valence-corrected chi connectivity index (χ1v) is 4.62. The normalized spacial score (nSPS) is 11.7. The highest BCUT2D eigenvalue weighted by molar-refractivity contribution is 5.33. The van der Waals surface area contributed by atoms with Gasteiger partial charge in [-0.3, -0.25) is 0 Å². The summed E-state index contributed by atoms with van der Waals surface area (Å²) >= 11 is 0. The van der Waals surface area contributed by atoms with Crippen molar-refractivity contribution < 1.29 is 9.50 Å². The van der Waals surface area contributed by atoms with Crippen LogP contribution < -0.4 is 5.73 Å². The second kappa shape index (κ2) is 3.96. The highest BCUT2D eigenvalue weighted by Gasteiger charge is 2.18. The zero-order chi connectivity index (χ0) is 10.8. The van der Waals surface area contributed by atoms with Crippen molar-refractivity contribution in [2.45, 2.75) is 20.3 Å². The van der Waals surface area contributed by atoms with Gasteiger partial charge in [0.25, 0.3) is 0 Å². The second-order valence-electron chi connectivity index (χ2n) is 4.32. The molecule has 0 bridgehead atoms. The molecule has 0 aliphatic carbocycles. The van der Waals surface area contributed by atoms with Crippen molar-refractivity contribution in [2.24, 2.45) is 11.1 Å². The molecule has 0 aliphatic rings. The average molecular weight is 197 g/mol. The van der Waals surface area contributed by atoms with Crippen LogP contribution in [0.1, 0.15) is 19.4 Å². The van der Waals surface area contributed by atoms with Crippen LogP contribution in [0.15, 0.2) is 18.2 Å². The van der Waals surface area contributed by atoms with Gasteiger partial charge in [0.15, 0.2) is 0 Å². The Morgan fingerprint density at radius 3 is 2.64 bits per heavy atom. The smallest absolute Gasteiger partial charge is 0.123 e. The largest absolute Gasteiger partial charge is 0.508 e. The van der Waals surface area contributed by atoms with Gasteiger partial charge in [-0.25, -0.2) is 4.39 Å². The van der Waals surface area contributed by atoms with E-state index in [0.29, 0.717) is 18.5 Å². The van der Waals surface area contributed by atoms with Gasteiger partial charge in [-0.1, -0.05) is 13.8 Å². The van der Waals surface area contributed by atoms with E-state index >= 15 is 0 Å². The van der Waals surface area contributed by atoms with Crippen LogP contribution >= 0.6 is 0 Å². The van der Waals surface area contributed by atoms with E-state index in [-0.39, 0.29) is 17.0 Å². The first-order valence-electron chi connectivity index (χ1n) is 4.62. The van der Waals surface area contributed by atoms with Crippen molar-refractivity contribution in [2.75, 3.05) is 6.54 Å². The number of hydrogen-bond acceptors (Lipinski definition) is 2. The molecule has 0 saturated heterocycles. The summed E-state index contributed by atoms with van der Waals surface area (Å²) in [5, 5.41) is 9.49. The number of phenols is 1. The van der Waals surface area contributed by atoms with E-state index in [1.54, 1.807) is 0 Å². The molecule has 1 aromatic carbocycles. The summed E-state index contributed by atoms with van der Waals surface area (Å²) in [6.07, 6.45) is 0.576. The molecular formula is C11H16FNO. The van der Waals surface area contributed by atoms with Gasteiger partial charge in [0, 0.05) is 0 Å². The monoisotopic (exact) mass is 197 g/mol. The Hall–Kier alpha value is -1.09. The molecule has 0 amide bonds. The summed E-state index contributed by atoms with van der Waals surface area (Å²) in [7, 11) is 0. The van der Waals surface area contributed by atoms with Gasteiger partial charge in [0.05, 0.1) is 0 Å². The maximum atomic E-state index is 12.9. The fraction of sp³-hybridized carbons (Fsp3) is 0.455. The Bertz CT molecular complexity index is 323. The molecule has 0 unspecified atom stereocenters. The number of phenolic OH excluding ortho intramolecular Hbond substituents is 1. The topological polar surface area (TPSA) is 46.2 Å². The van der Waals surface area contributed by atoms with Gasteiger partial charge in [-0.05, 0) is 42.1 Å². The molecule has 78 valence electrons. The Balaban J connectivity index is 2.91. The summed E-state index contributed by atoms with van der Waals surface area (Å²) in [5.41, 5.74) is 6.06. The van der Waals surface area contributed by atoms with E-state index in [1.807, 2.05) is 13.8 Å². The van der Waals surface area contributed by atoms with Crippen molar-refractivity contribution in [1.29, 1.82) is 0 Å². The highest BCUT2D eigenvalue weighted by Crippen LogP contribution is 2.26. The SMILES string of the molecule is CC(C)(CN)Cc1cc(F)ccc1O. The van der Waals surface area contributed by atoms with E-state index in [2.05, 4.69) is 0 Å². The zero-order valence-electron chi connectivity index (χ0n) is 8.55. The van der Waals surface area contributed by atoms with Crippen LogP contribution in [-0.4, -0.2) is 11.7 Å². The van der Waals surface area contributed by atoms with Crippen molar-refractivity contribution in [3.05, 3.63) is 29.6 Å². The summed E-state index contributed by atoms with van der Waals surface area (Å²) in [6, 6.07) is 3.97. The van der Waals surface area contributed by atoms with Crippen LogP contribution in [0, 0.1) is 11.2 Å². The molecule has 0 atom stereocenters. The van der Waals surface area contributed by atoms with E-state index in [1.165, 1.54) is 18.2 Å². The minimum Gasteiger partial charge on any atom is -0.508 e. The van der Waals surface area contributed by atoms with Crippen molar-refractivity contribution in [3.8, 4) is 5.75 Å². The third-order valence-corrected chi connectivity index (χ3v) is 2.26. The number of benzene rings is 1.